The molecule has 1 aliphatic rings. The van der Waals surface area contributed by atoms with Crippen LogP contribution < -0.4 is 5.73 Å². The maximum absolute atomic E-state index is 12.8. The molecule has 0 bridgehead atoms. The number of ether oxygens (including phenoxy) is 1. The van der Waals surface area contributed by atoms with E-state index in [4.69, 9.17) is 10.5 Å². The number of hydrogen-bond donors (Lipinski definition) is 1. The Kier molecular flexibility index (Phi) is 5.08. The minimum absolute atomic E-state index is 0.0877. The minimum Gasteiger partial charge on any atom is -0.373 e. The summed E-state index contributed by atoms with van der Waals surface area (Å²) in [5.74, 6) is 0. The second kappa shape index (κ2) is 6.48. The first kappa shape index (κ1) is 16.5. The number of rotatable bonds is 5. The zero-order valence-electron chi connectivity index (χ0n) is 12.9. The van der Waals surface area contributed by atoms with Crippen LogP contribution in [-0.2, 0) is 27.8 Å². The summed E-state index contributed by atoms with van der Waals surface area (Å²) in [6.07, 6.45) is 2.46. The highest BCUT2D eigenvalue weighted by atomic mass is 32.2. The van der Waals surface area contributed by atoms with Crippen molar-refractivity contribution in [2.24, 2.45) is 5.73 Å². The van der Waals surface area contributed by atoms with Crippen molar-refractivity contribution in [3.8, 4) is 0 Å². The molecule has 2 rings (SSSR count). The monoisotopic (exact) mass is 315 g/mol. The smallest absolute Gasteiger partial charge is 0.244 e. The molecule has 2 N–H and O–H groups in total. The van der Waals surface area contributed by atoms with E-state index < -0.39 is 10.0 Å². The van der Waals surface area contributed by atoms with Crippen molar-refractivity contribution in [2.45, 2.75) is 57.4 Å². The molecule has 1 fully saturated rings. The van der Waals surface area contributed by atoms with Gasteiger partial charge in [-0.2, -0.15) is 4.31 Å². The summed E-state index contributed by atoms with van der Waals surface area (Å²) in [5, 5.41) is 0. The number of nitrogens with zero attached hydrogens (tertiary/aromatic N) is 2. The number of aromatic nitrogens is 1. The lowest BCUT2D eigenvalue weighted by Gasteiger charge is -2.34. The van der Waals surface area contributed by atoms with E-state index in [9.17, 15) is 8.42 Å². The van der Waals surface area contributed by atoms with Gasteiger partial charge >= 0.3 is 0 Å². The van der Waals surface area contributed by atoms with E-state index in [0.717, 1.165) is 18.7 Å². The van der Waals surface area contributed by atoms with Crippen molar-refractivity contribution in [2.75, 3.05) is 13.1 Å². The summed E-state index contributed by atoms with van der Waals surface area (Å²) in [5.41, 5.74) is 6.56. The van der Waals surface area contributed by atoms with E-state index >= 15 is 0 Å². The summed E-state index contributed by atoms with van der Waals surface area (Å²) in [6, 6.07) is 1.69. The standard InChI is InChI=1S/C14H25N3O3S/c1-4-5-16-10-14(6-13(16)7-15)21(18,19)17-8-11(2)20-12(3)9-17/h6,10-12H,4-5,7-9,15H2,1-3H3. The fraction of sp³-hybridized carbons (Fsp3) is 0.714. The lowest BCUT2D eigenvalue weighted by atomic mass is 10.3. The van der Waals surface area contributed by atoms with Crippen molar-refractivity contribution in [3.05, 3.63) is 18.0 Å². The molecule has 0 amide bonds. The van der Waals surface area contributed by atoms with Crippen LogP contribution in [0.2, 0.25) is 0 Å². The predicted molar refractivity (Wildman–Crippen MR) is 81.4 cm³/mol. The largest absolute Gasteiger partial charge is 0.373 e. The summed E-state index contributed by atoms with van der Waals surface area (Å²) >= 11 is 0. The summed E-state index contributed by atoms with van der Waals surface area (Å²) in [4.78, 5) is 0.331. The Balaban J connectivity index is 2.30. The average Bonchev–Trinajstić information content (AvgIpc) is 2.82. The number of nitrogens with two attached hydrogens (primary N) is 1. The van der Waals surface area contributed by atoms with Crippen LogP contribution in [0, 0.1) is 0 Å². The molecule has 2 atom stereocenters. The average molecular weight is 315 g/mol. The van der Waals surface area contributed by atoms with Crippen molar-refractivity contribution >= 4 is 10.0 Å². The lowest BCUT2D eigenvalue weighted by molar-refractivity contribution is -0.0440. The molecular formula is C14H25N3O3S. The Bertz CT molecular complexity index is 572. The van der Waals surface area contributed by atoms with Gasteiger partial charge in [-0.15, -0.1) is 0 Å². The third-order valence-electron chi connectivity index (χ3n) is 3.66. The molecule has 2 unspecified atom stereocenters. The molecule has 1 aromatic rings. The van der Waals surface area contributed by atoms with Gasteiger partial charge in [-0.05, 0) is 26.3 Å². The molecule has 0 aromatic carbocycles. The molecule has 0 aliphatic carbocycles. The molecule has 21 heavy (non-hydrogen) atoms. The van der Waals surface area contributed by atoms with Gasteiger partial charge in [0.1, 0.15) is 4.90 Å². The van der Waals surface area contributed by atoms with Crippen molar-refractivity contribution in [1.29, 1.82) is 0 Å². The van der Waals surface area contributed by atoms with Gasteiger partial charge in [0.15, 0.2) is 0 Å². The van der Waals surface area contributed by atoms with Crippen LogP contribution in [0.25, 0.3) is 0 Å². The summed E-state index contributed by atoms with van der Waals surface area (Å²) < 4.78 is 34.6. The molecule has 7 heteroatoms. The number of hydrogen-bond acceptors (Lipinski definition) is 4. The van der Waals surface area contributed by atoms with Crippen molar-refractivity contribution in [3.63, 3.8) is 0 Å². The molecule has 2 heterocycles. The molecule has 1 aromatic heterocycles. The van der Waals surface area contributed by atoms with Gasteiger partial charge < -0.3 is 15.0 Å². The number of morpholine rings is 1. The maximum Gasteiger partial charge on any atom is 0.244 e. The van der Waals surface area contributed by atoms with Gasteiger partial charge in [0.25, 0.3) is 0 Å². The Morgan fingerprint density at radius 1 is 1.33 bits per heavy atom. The SMILES string of the molecule is CCCn1cc(S(=O)(=O)N2CC(C)OC(C)C2)cc1CN. The second-order valence-corrected chi connectivity index (χ2v) is 7.58. The summed E-state index contributed by atoms with van der Waals surface area (Å²) in [7, 11) is -3.48. The number of aryl methyl sites for hydroxylation is 1. The first-order chi connectivity index (χ1) is 9.88. The Hall–Kier alpha value is -0.890. The third-order valence-corrected chi connectivity index (χ3v) is 5.46. The van der Waals surface area contributed by atoms with E-state index in [1.54, 1.807) is 12.3 Å². The molecular weight excluding hydrogens is 290 g/mol. The van der Waals surface area contributed by atoms with Gasteiger partial charge in [0.05, 0.1) is 12.2 Å². The highest BCUT2D eigenvalue weighted by Crippen LogP contribution is 2.23. The molecule has 1 aliphatic heterocycles. The molecule has 6 nitrogen and oxygen atoms in total. The highest BCUT2D eigenvalue weighted by Gasteiger charge is 2.33. The topological polar surface area (TPSA) is 77.6 Å². The van der Waals surface area contributed by atoms with E-state index in [-0.39, 0.29) is 12.2 Å². The first-order valence-corrected chi connectivity index (χ1v) is 8.87. The second-order valence-electron chi connectivity index (χ2n) is 5.64. The van der Waals surface area contributed by atoms with E-state index in [1.165, 1.54) is 4.31 Å². The van der Waals surface area contributed by atoms with Gasteiger partial charge in [-0.3, -0.25) is 0 Å². The van der Waals surface area contributed by atoms with Crippen LogP contribution in [0.3, 0.4) is 0 Å². The molecule has 1 saturated heterocycles. The van der Waals surface area contributed by atoms with Gasteiger partial charge in [-0.25, -0.2) is 8.42 Å². The van der Waals surface area contributed by atoms with E-state index in [1.807, 2.05) is 18.4 Å². The third kappa shape index (κ3) is 3.48. The predicted octanol–water partition coefficient (Wildman–Crippen LogP) is 1.15. The Morgan fingerprint density at radius 3 is 2.48 bits per heavy atom. The number of sulfonamides is 1. The van der Waals surface area contributed by atoms with Crippen LogP contribution in [-0.4, -0.2) is 42.6 Å². The first-order valence-electron chi connectivity index (χ1n) is 7.43. The molecule has 0 saturated carbocycles. The van der Waals surface area contributed by atoms with Crippen LogP contribution in [0.4, 0.5) is 0 Å². The van der Waals surface area contributed by atoms with Crippen LogP contribution in [0.1, 0.15) is 32.9 Å². The maximum atomic E-state index is 12.8. The Labute approximate surface area is 126 Å². The van der Waals surface area contributed by atoms with E-state index in [0.29, 0.717) is 24.5 Å². The molecule has 0 spiro atoms. The zero-order chi connectivity index (χ0) is 15.6. The zero-order valence-corrected chi connectivity index (χ0v) is 13.8. The molecule has 0 radical (unpaired) electrons. The summed E-state index contributed by atoms with van der Waals surface area (Å²) in [6.45, 7) is 7.74. The molecule has 120 valence electrons. The van der Waals surface area contributed by atoms with Crippen LogP contribution in [0.15, 0.2) is 17.2 Å². The highest BCUT2D eigenvalue weighted by molar-refractivity contribution is 7.89. The van der Waals surface area contributed by atoms with Crippen LogP contribution >= 0.6 is 0 Å². The van der Waals surface area contributed by atoms with Crippen molar-refractivity contribution < 1.29 is 13.2 Å². The van der Waals surface area contributed by atoms with Crippen molar-refractivity contribution in [1.82, 2.24) is 8.87 Å². The van der Waals surface area contributed by atoms with E-state index in [2.05, 4.69) is 6.92 Å². The van der Waals surface area contributed by atoms with Gasteiger partial charge in [0.2, 0.25) is 10.0 Å². The fourth-order valence-electron chi connectivity index (χ4n) is 2.76. The quantitative estimate of drug-likeness (QED) is 0.884. The Morgan fingerprint density at radius 2 is 1.95 bits per heavy atom. The normalized spacial score (nSPS) is 24.4. The van der Waals surface area contributed by atoms with Gasteiger partial charge in [-0.1, -0.05) is 6.92 Å². The van der Waals surface area contributed by atoms with Crippen LogP contribution in [0.5, 0.6) is 0 Å². The lowest BCUT2D eigenvalue weighted by Crippen LogP contribution is -2.48. The fourth-order valence-corrected chi connectivity index (χ4v) is 4.42. The minimum atomic E-state index is -3.48. The van der Waals surface area contributed by atoms with Gasteiger partial charge in [0, 0.05) is 38.1 Å².